The number of hydrogen-bond donors (Lipinski definition) is 2. The zero-order valence-electron chi connectivity index (χ0n) is 12.9. The second kappa shape index (κ2) is 6.37. The molecule has 24 heavy (non-hydrogen) atoms. The number of fused-ring (bicyclic) bond motifs is 1. The SMILES string of the molecule is Cc1c(Cl)cccc1NC(=O)CN1C(=O)COc2ccc(N)nc21. The molecule has 7 nitrogen and oxygen atoms in total. The van der Waals surface area contributed by atoms with E-state index in [4.69, 9.17) is 22.1 Å². The van der Waals surface area contributed by atoms with Crippen molar-refractivity contribution in [3.8, 4) is 5.75 Å². The number of ether oxygens (including phenoxy) is 1. The van der Waals surface area contributed by atoms with E-state index in [-0.39, 0.29) is 36.6 Å². The van der Waals surface area contributed by atoms with Crippen LogP contribution in [0.5, 0.6) is 5.75 Å². The number of pyridine rings is 1. The van der Waals surface area contributed by atoms with Crippen molar-refractivity contribution in [2.45, 2.75) is 6.92 Å². The molecule has 1 aliphatic rings. The van der Waals surface area contributed by atoms with Gasteiger partial charge in [-0.05, 0) is 36.8 Å². The minimum absolute atomic E-state index is 0.151. The number of nitrogens with two attached hydrogens (primary N) is 1. The van der Waals surface area contributed by atoms with Gasteiger partial charge in [0.15, 0.2) is 18.2 Å². The van der Waals surface area contributed by atoms with E-state index in [1.165, 1.54) is 4.90 Å². The number of benzene rings is 1. The van der Waals surface area contributed by atoms with Gasteiger partial charge in [0.25, 0.3) is 5.91 Å². The average Bonchev–Trinajstić information content (AvgIpc) is 2.55. The molecule has 2 aromatic rings. The maximum absolute atomic E-state index is 12.3. The topological polar surface area (TPSA) is 97.5 Å². The number of amides is 2. The molecule has 3 rings (SSSR count). The fraction of sp³-hybridized carbons (Fsp3) is 0.188. The second-order valence-electron chi connectivity index (χ2n) is 5.29. The van der Waals surface area contributed by atoms with Gasteiger partial charge in [-0.15, -0.1) is 0 Å². The van der Waals surface area contributed by atoms with E-state index in [9.17, 15) is 9.59 Å². The highest BCUT2D eigenvalue weighted by molar-refractivity contribution is 6.31. The summed E-state index contributed by atoms with van der Waals surface area (Å²) >= 11 is 6.04. The molecule has 124 valence electrons. The van der Waals surface area contributed by atoms with Crippen LogP contribution in [0.25, 0.3) is 0 Å². The van der Waals surface area contributed by atoms with Crippen LogP contribution in [0, 0.1) is 6.92 Å². The summed E-state index contributed by atoms with van der Waals surface area (Å²) in [6.07, 6.45) is 0. The van der Waals surface area contributed by atoms with Crippen LogP contribution in [0.2, 0.25) is 5.02 Å². The van der Waals surface area contributed by atoms with Gasteiger partial charge < -0.3 is 15.8 Å². The molecule has 8 heteroatoms. The molecule has 2 heterocycles. The van der Waals surface area contributed by atoms with Crippen LogP contribution in [0.15, 0.2) is 30.3 Å². The standard InChI is InChI=1S/C16H15ClN4O3/c1-9-10(17)3-2-4-11(9)19-14(22)7-21-15(23)8-24-12-5-6-13(18)20-16(12)21/h2-6H,7-8H2,1H3,(H2,18,20)(H,19,22). The predicted octanol–water partition coefficient (Wildman–Crippen LogP) is 1.99. The van der Waals surface area contributed by atoms with Crippen molar-refractivity contribution < 1.29 is 14.3 Å². The van der Waals surface area contributed by atoms with Crippen molar-refractivity contribution in [1.29, 1.82) is 0 Å². The number of aromatic nitrogens is 1. The Morgan fingerprint density at radius 1 is 1.42 bits per heavy atom. The highest BCUT2D eigenvalue weighted by Crippen LogP contribution is 2.30. The molecule has 0 unspecified atom stereocenters. The number of carbonyl (C=O) groups excluding carboxylic acids is 2. The Labute approximate surface area is 143 Å². The highest BCUT2D eigenvalue weighted by Gasteiger charge is 2.29. The van der Waals surface area contributed by atoms with Crippen LogP contribution in [0.1, 0.15) is 5.56 Å². The lowest BCUT2D eigenvalue weighted by molar-refractivity contribution is -0.123. The van der Waals surface area contributed by atoms with Crippen LogP contribution in [-0.4, -0.2) is 29.9 Å². The third-order valence-electron chi connectivity index (χ3n) is 3.61. The van der Waals surface area contributed by atoms with Crippen molar-refractivity contribution in [2.75, 3.05) is 29.1 Å². The Morgan fingerprint density at radius 3 is 3.00 bits per heavy atom. The van der Waals surface area contributed by atoms with Crippen molar-refractivity contribution in [1.82, 2.24) is 4.98 Å². The molecule has 1 aromatic heterocycles. The normalized spacial score (nSPS) is 13.2. The van der Waals surface area contributed by atoms with Gasteiger partial charge >= 0.3 is 0 Å². The number of nitrogens with zero attached hydrogens (tertiary/aromatic N) is 2. The molecule has 1 aromatic carbocycles. The molecule has 0 spiro atoms. The molecule has 0 aliphatic carbocycles. The molecule has 0 saturated carbocycles. The summed E-state index contributed by atoms with van der Waals surface area (Å²) in [7, 11) is 0. The minimum atomic E-state index is -0.370. The van der Waals surface area contributed by atoms with Crippen LogP contribution in [0.4, 0.5) is 17.3 Å². The number of hydrogen-bond acceptors (Lipinski definition) is 5. The third kappa shape index (κ3) is 3.11. The van der Waals surface area contributed by atoms with E-state index in [0.717, 1.165) is 5.56 Å². The molecule has 0 saturated heterocycles. The fourth-order valence-electron chi connectivity index (χ4n) is 2.33. The van der Waals surface area contributed by atoms with Crippen LogP contribution < -0.4 is 20.7 Å². The lowest BCUT2D eigenvalue weighted by Crippen LogP contribution is -2.44. The smallest absolute Gasteiger partial charge is 0.266 e. The Hall–Kier alpha value is -2.80. The van der Waals surface area contributed by atoms with Crippen molar-refractivity contribution >= 4 is 40.7 Å². The summed E-state index contributed by atoms with van der Waals surface area (Å²) < 4.78 is 5.30. The average molecular weight is 347 g/mol. The van der Waals surface area contributed by atoms with Gasteiger partial charge in [0, 0.05) is 10.7 Å². The molecular weight excluding hydrogens is 332 g/mol. The molecule has 0 fully saturated rings. The fourth-order valence-corrected chi connectivity index (χ4v) is 2.51. The van der Waals surface area contributed by atoms with Crippen LogP contribution >= 0.6 is 11.6 Å². The maximum Gasteiger partial charge on any atom is 0.266 e. The van der Waals surface area contributed by atoms with E-state index in [1.54, 1.807) is 37.3 Å². The van der Waals surface area contributed by atoms with Gasteiger partial charge in [-0.1, -0.05) is 17.7 Å². The van der Waals surface area contributed by atoms with Crippen molar-refractivity contribution in [3.05, 3.63) is 40.9 Å². The molecule has 3 N–H and O–H groups in total. The lowest BCUT2D eigenvalue weighted by Gasteiger charge is -2.27. The molecule has 1 aliphatic heterocycles. The monoisotopic (exact) mass is 346 g/mol. The summed E-state index contributed by atoms with van der Waals surface area (Å²) in [4.78, 5) is 29.8. The Morgan fingerprint density at radius 2 is 2.21 bits per heavy atom. The molecular formula is C16H15ClN4O3. The minimum Gasteiger partial charge on any atom is -0.480 e. The molecule has 0 radical (unpaired) electrons. The third-order valence-corrected chi connectivity index (χ3v) is 4.02. The number of carbonyl (C=O) groups is 2. The summed E-state index contributed by atoms with van der Waals surface area (Å²) in [5, 5.41) is 3.30. The number of nitrogen functional groups attached to an aromatic ring is 1. The predicted molar refractivity (Wildman–Crippen MR) is 91.3 cm³/mol. The van der Waals surface area contributed by atoms with Crippen LogP contribution in [0.3, 0.4) is 0 Å². The van der Waals surface area contributed by atoms with Gasteiger partial charge in [-0.3, -0.25) is 14.5 Å². The van der Waals surface area contributed by atoms with E-state index < -0.39 is 0 Å². The lowest BCUT2D eigenvalue weighted by atomic mass is 10.2. The zero-order chi connectivity index (χ0) is 17.3. The number of nitrogens with one attached hydrogen (secondary N) is 1. The van der Waals surface area contributed by atoms with Gasteiger partial charge in [0.05, 0.1) is 0 Å². The highest BCUT2D eigenvalue weighted by atomic mass is 35.5. The largest absolute Gasteiger partial charge is 0.480 e. The number of anilines is 3. The van der Waals surface area contributed by atoms with Gasteiger partial charge in [0.2, 0.25) is 5.91 Å². The van der Waals surface area contributed by atoms with E-state index in [2.05, 4.69) is 10.3 Å². The number of halogens is 1. The summed E-state index contributed by atoms with van der Waals surface area (Å²) in [6, 6.07) is 8.41. The summed E-state index contributed by atoms with van der Waals surface area (Å²) in [5.74, 6) is 0.159. The first-order valence-corrected chi connectivity index (χ1v) is 7.58. The first-order chi connectivity index (χ1) is 11.5. The van der Waals surface area contributed by atoms with Gasteiger partial charge in [-0.2, -0.15) is 0 Å². The Bertz CT molecular complexity index is 825. The first-order valence-electron chi connectivity index (χ1n) is 7.20. The Kier molecular flexibility index (Phi) is 4.26. The number of rotatable bonds is 3. The van der Waals surface area contributed by atoms with E-state index >= 15 is 0 Å². The van der Waals surface area contributed by atoms with Crippen molar-refractivity contribution in [3.63, 3.8) is 0 Å². The maximum atomic E-state index is 12.3. The quantitative estimate of drug-likeness (QED) is 0.885. The van der Waals surface area contributed by atoms with Gasteiger partial charge in [0.1, 0.15) is 12.4 Å². The first kappa shape index (κ1) is 16.1. The second-order valence-corrected chi connectivity index (χ2v) is 5.69. The molecule has 0 bridgehead atoms. The van der Waals surface area contributed by atoms with Crippen LogP contribution in [-0.2, 0) is 9.59 Å². The van der Waals surface area contributed by atoms with E-state index in [1.807, 2.05) is 0 Å². The Balaban J connectivity index is 1.80. The summed E-state index contributed by atoms with van der Waals surface area (Å²) in [6.45, 7) is 1.45. The van der Waals surface area contributed by atoms with E-state index in [0.29, 0.717) is 16.5 Å². The molecule has 0 atom stereocenters. The summed E-state index contributed by atoms with van der Waals surface area (Å²) in [5.41, 5.74) is 7.01. The van der Waals surface area contributed by atoms with Gasteiger partial charge in [-0.25, -0.2) is 4.98 Å². The van der Waals surface area contributed by atoms with Crippen molar-refractivity contribution in [2.24, 2.45) is 0 Å². The zero-order valence-corrected chi connectivity index (χ0v) is 13.6. The molecule has 2 amide bonds.